The van der Waals surface area contributed by atoms with Gasteiger partial charge < -0.3 is 5.11 Å². The molecule has 2 rings (SSSR count). The minimum absolute atomic E-state index is 0.163. The number of aliphatic hydroxyl groups excluding tert-OH is 1. The second-order valence-electron chi connectivity index (χ2n) is 5.08. The lowest BCUT2D eigenvalue weighted by atomic mass is 9.62. The summed E-state index contributed by atoms with van der Waals surface area (Å²) in [6.45, 7) is 4.68. The van der Waals surface area contributed by atoms with Gasteiger partial charge in [-0.25, -0.2) is 0 Å². The Morgan fingerprint density at radius 2 is 2.15 bits per heavy atom. The molecular weight excluding hydrogens is 160 g/mol. The summed E-state index contributed by atoms with van der Waals surface area (Å²) >= 11 is 0. The topological polar surface area (TPSA) is 20.2 Å². The van der Waals surface area contributed by atoms with Gasteiger partial charge in [-0.2, -0.15) is 0 Å². The highest BCUT2D eigenvalue weighted by atomic mass is 16.3. The molecule has 0 aliphatic heterocycles. The zero-order valence-corrected chi connectivity index (χ0v) is 8.71. The van der Waals surface area contributed by atoms with Crippen molar-refractivity contribution in [2.75, 3.05) is 0 Å². The number of hydrogen-bond donors (Lipinski definition) is 1. The molecule has 1 saturated carbocycles. The maximum Gasteiger partial charge on any atom is 0.0724 e. The molecule has 0 aromatic rings. The highest BCUT2D eigenvalue weighted by molar-refractivity contribution is 5.23. The van der Waals surface area contributed by atoms with E-state index < -0.39 is 0 Å². The van der Waals surface area contributed by atoms with E-state index in [1.807, 2.05) is 0 Å². The van der Waals surface area contributed by atoms with Crippen LogP contribution in [-0.2, 0) is 0 Å². The zero-order valence-electron chi connectivity index (χ0n) is 8.71. The summed E-state index contributed by atoms with van der Waals surface area (Å²) in [5.74, 6) is 0.702. The van der Waals surface area contributed by atoms with Crippen molar-refractivity contribution >= 4 is 0 Å². The molecule has 13 heavy (non-hydrogen) atoms. The van der Waals surface area contributed by atoms with E-state index in [2.05, 4.69) is 19.9 Å². The van der Waals surface area contributed by atoms with E-state index in [0.717, 1.165) is 6.42 Å². The van der Waals surface area contributed by atoms with Crippen LogP contribution in [0.1, 0.15) is 46.0 Å². The Bertz CT molecular complexity index is 231. The number of rotatable bonds is 0. The van der Waals surface area contributed by atoms with Crippen molar-refractivity contribution in [3.05, 3.63) is 11.6 Å². The Labute approximate surface area is 80.8 Å². The molecule has 74 valence electrons. The van der Waals surface area contributed by atoms with Crippen molar-refractivity contribution < 1.29 is 5.11 Å². The van der Waals surface area contributed by atoms with E-state index in [1.165, 1.54) is 31.3 Å². The lowest BCUT2D eigenvalue weighted by Gasteiger charge is -2.43. The van der Waals surface area contributed by atoms with Crippen LogP contribution in [-0.4, -0.2) is 11.2 Å². The van der Waals surface area contributed by atoms with Gasteiger partial charge in [0.25, 0.3) is 0 Å². The van der Waals surface area contributed by atoms with Gasteiger partial charge in [-0.1, -0.05) is 31.9 Å². The molecule has 3 atom stereocenters. The Kier molecular flexibility index (Phi) is 2.23. The molecule has 0 amide bonds. The zero-order chi connectivity index (χ0) is 9.47. The maximum atomic E-state index is 9.60. The van der Waals surface area contributed by atoms with Crippen molar-refractivity contribution in [2.24, 2.45) is 11.3 Å². The third-order valence-corrected chi connectivity index (χ3v) is 3.96. The summed E-state index contributed by atoms with van der Waals surface area (Å²) in [5, 5.41) is 9.60. The van der Waals surface area contributed by atoms with Gasteiger partial charge in [0.2, 0.25) is 0 Å². The van der Waals surface area contributed by atoms with Gasteiger partial charge in [0.05, 0.1) is 6.10 Å². The fourth-order valence-electron chi connectivity index (χ4n) is 3.08. The number of hydrogen-bond acceptors (Lipinski definition) is 1. The maximum absolute atomic E-state index is 9.60. The van der Waals surface area contributed by atoms with Gasteiger partial charge in [-0.05, 0) is 37.0 Å². The standard InChI is InChI=1S/C12H20O/c1-9-4-3-6-12(2)7-5-10(13)8-11(9)12/h8-10,13H,3-7H2,1-2H3. The summed E-state index contributed by atoms with van der Waals surface area (Å²) < 4.78 is 0. The molecule has 1 nitrogen and oxygen atoms in total. The number of aliphatic hydroxyl groups is 1. The average Bonchev–Trinajstić information content (AvgIpc) is 2.08. The van der Waals surface area contributed by atoms with Crippen LogP contribution in [0.4, 0.5) is 0 Å². The third-order valence-electron chi connectivity index (χ3n) is 3.96. The van der Waals surface area contributed by atoms with Crippen molar-refractivity contribution in [2.45, 2.75) is 52.1 Å². The summed E-state index contributed by atoms with van der Waals surface area (Å²) in [4.78, 5) is 0. The normalized spacial score (nSPS) is 45.3. The van der Waals surface area contributed by atoms with E-state index in [0.29, 0.717) is 11.3 Å². The van der Waals surface area contributed by atoms with E-state index in [4.69, 9.17) is 0 Å². The summed E-state index contributed by atoms with van der Waals surface area (Å²) in [5.41, 5.74) is 1.97. The summed E-state index contributed by atoms with van der Waals surface area (Å²) in [6.07, 6.45) is 8.13. The fraction of sp³-hybridized carbons (Fsp3) is 0.833. The molecule has 0 aromatic heterocycles. The molecule has 0 spiro atoms. The van der Waals surface area contributed by atoms with E-state index >= 15 is 0 Å². The van der Waals surface area contributed by atoms with Crippen LogP contribution in [0.25, 0.3) is 0 Å². The molecule has 1 fully saturated rings. The van der Waals surface area contributed by atoms with E-state index in [9.17, 15) is 5.11 Å². The van der Waals surface area contributed by atoms with Crippen LogP contribution in [0.5, 0.6) is 0 Å². The first kappa shape index (κ1) is 9.26. The minimum atomic E-state index is -0.163. The summed E-state index contributed by atoms with van der Waals surface area (Å²) in [6, 6.07) is 0. The SMILES string of the molecule is CC1CCCC2(C)CCC(O)C=C12. The lowest BCUT2D eigenvalue weighted by Crippen LogP contribution is -2.33. The monoisotopic (exact) mass is 180 g/mol. The van der Waals surface area contributed by atoms with E-state index in [-0.39, 0.29) is 6.10 Å². The predicted octanol–water partition coefficient (Wildman–Crippen LogP) is 2.89. The first-order valence-electron chi connectivity index (χ1n) is 5.52. The van der Waals surface area contributed by atoms with Crippen molar-refractivity contribution in [1.82, 2.24) is 0 Å². The molecule has 1 N–H and O–H groups in total. The Hall–Kier alpha value is -0.300. The van der Waals surface area contributed by atoms with Crippen molar-refractivity contribution in [3.8, 4) is 0 Å². The molecular formula is C12H20O. The average molecular weight is 180 g/mol. The van der Waals surface area contributed by atoms with Crippen LogP contribution in [0.3, 0.4) is 0 Å². The molecule has 2 aliphatic carbocycles. The molecule has 0 radical (unpaired) electrons. The predicted molar refractivity (Wildman–Crippen MR) is 54.4 cm³/mol. The highest BCUT2D eigenvalue weighted by Crippen LogP contribution is 2.49. The van der Waals surface area contributed by atoms with Crippen molar-refractivity contribution in [3.63, 3.8) is 0 Å². The molecule has 0 heterocycles. The Morgan fingerprint density at radius 1 is 1.38 bits per heavy atom. The molecule has 3 unspecified atom stereocenters. The van der Waals surface area contributed by atoms with Crippen LogP contribution >= 0.6 is 0 Å². The van der Waals surface area contributed by atoms with Crippen LogP contribution in [0.2, 0.25) is 0 Å². The fourth-order valence-corrected chi connectivity index (χ4v) is 3.08. The van der Waals surface area contributed by atoms with Gasteiger partial charge in [-0.3, -0.25) is 0 Å². The minimum Gasteiger partial charge on any atom is -0.389 e. The molecule has 1 heteroatoms. The van der Waals surface area contributed by atoms with Gasteiger partial charge in [0.1, 0.15) is 0 Å². The Morgan fingerprint density at radius 3 is 2.92 bits per heavy atom. The largest absolute Gasteiger partial charge is 0.389 e. The van der Waals surface area contributed by atoms with Gasteiger partial charge in [-0.15, -0.1) is 0 Å². The smallest absolute Gasteiger partial charge is 0.0724 e. The summed E-state index contributed by atoms with van der Waals surface area (Å²) in [7, 11) is 0. The number of allylic oxidation sites excluding steroid dienone is 1. The second-order valence-corrected chi connectivity index (χ2v) is 5.08. The number of fused-ring (bicyclic) bond motifs is 1. The second kappa shape index (κ2) is 3.13. The molecule has 0 bridgehead atoms. The van der Waals surface area contributed by atoms with Crippen LogP contribution in [0.15, 0.2) is 11.6 Å². The van der Waals surface area contributed by atoms with E-state index in [1.54, 1.807) is 0 Å². The third kappa shape index (κ3) is 1.54. The van der Waals surface area contributed by atoms with Crippen LogP contribution in [0, 0.1) is 11.3 Å². The first-order valence-corrected chi connectivity index (χ1v) is 5.52. The van der Waals surface area contributed by atoms with Gasteiger partial charge in [0, 0.05) is 0 Å². The molecule has 2 aliphatic rings. The van der Waals surface area contributed by atoms with Crippen LogP contribution < -0.4 is 0 Å². The highest BCUT2D eigenvalue weighted by Gasteiger charge is 2.37. The quantitative estimate of drug-likeness (QED) is 0.568. The Balaban J connectivity index is 2.29. The first-order chi connectivity index (χ1) is 6.12. The van der Waals surface area contributed by atoms with Gasteiger partial charge in [0.15, 0.2) is 0 Å². The van der Waals surface area contributed by atoms with Gasteiger partial charge >= 0.3 is 0 Å². The molecule has 0 saturated heterocycles. The molecule has 0 aromatic carbocycles. The van der Waals surface area contributed by atoms with Crippen molar-refractivity contribution in [1.29, 1.82) is 0 Å². The lowest BCUT2D eigenvalue weighted by molar-refractivity contribution is 0.141.